The zero-order chi connectivity index (χ0) is 15.6. The summed E-state index contributed by atoms with van der Waals surface area (Å²) in [6.07, 6.45) is 0. The van der Waals surface area contributed by atoms with Gasteiger partial charge in [0, 0.05) is 31.9 Å². The van der Waals surface area contributed by atoms with Crippen molar-refractivity contribution in [3.8, 4) is 5.75 Å². The normalized spacial score (nSPS) is 15.3. The van der Waals surface area contributed by atoms with Gasteiger partial charge in [0.25, 0.3) is 0 Å². The quantitative estimate of drug-likeness (QED) is 0.748. The number of benzene rings is 1. The SMILES string of the molecule is CCOc1ccc(NCC(=O)NCCN2CCOCC2)cc1. The van der Waals surface area contributed by atoms with Crippen LogP contribution >= 0.6 is 0 Å². The number of carbonyl (C=O) groups excluding carboxylic acids is 1. The molecule has 6 heteroatoms. The summed E-state index contributed by atoms with van der Waals surface area (Å²) >= 11 is 0. The van der Waals surface area contributed by atoms with Gasteiger partial charge in [0.2, 0.25) is 5.91 Å². The average Bonchev–Trinajstić information content (AvgIpc) is 2.55. The summed E-state index contributed by atoms with van der Waals surface area (Å²) in [5.41, 5.74) is 0.909. The van der Waals surface area contributed by atoms with E-state index in [9.17, 15) is 4.79 Å². The highest BCUT2D eigenvalue weighted by Gasteiger charge is 2.10. The van der Waals surface area contributed by atoms with Gasteiger partial charge in [0.1, 0.15) is 5.75 Å². The molecule has 22 heavy (non-hydrogen) atoms. The van der Waals surface area contributed by atoms with E-state index in [1.54, 1.807) is 0 Å². The van der Waals surface area contributed by atoms with Crippen molar-refractivity contribution in [3.05, 3.63) is 24.3 Å². The molecule has 1 heterocycles. The van der Waals surface area contributed by atoms with Gasteiger partial charge in [-0.15, -0.1) is 0 Å². The molecule has 2 N–H and O–H groups in total. The lowest BCUT2D eigenvalue weighted by molar-refractivity contribution is -0.119. The Morgan fingerprint density at radius 2 is 2.00 bits per heavy atom. The Morgan fingerprint density at radius 1 is 1.27 bits per heavy atom. The molecule has 0 aliphatic carbocycles. The fraction of sp³-hybridized carbons (Fsp3) is 0.562. The van der Waals surface area contributed by atoms with Crippen LogP contribution in [-0.2, 0) is 9.53 Å². The van der Waals surface area contributed by atoms with Crippen LogP contribution in [0, 0.1) is 0 Å². The second kappa shape index (κ2) is 9.27. The van der Waals surface area contributed by atoms with Crippen molar-refractivity contribution in [3.63, 3.8) is 0 Å². The molecular weight excluding hydrogens is 282 g/mol. The Morgan fingerprint density at radius 3 is 2.68 bits per heavy atom. The first-order valence-electron chi connectivity index (χ1n) is 7.81. The number of rotatable bonds is 8. The highest BCUT2D eigenvalue weighted by atomic mass is 16.5. The molecule has 6 nitrogen and oxygen atoms in total. The summed E-state index contributed by atoms with van der Waals surface area (Å²) in [4.78, 5) is 14.1. The Hall–Kier alpha value is -1.79. The summed E-state index contributed by atoms with van der Waals surface area (Å²) in [7, 11) is 0. The van der Waals surface area contributed by atoms with Gasteiger partial charge in [-0.3, -0.25) is 9.69 Å². The highest BCUT2D eigenvalue weighted by Crippen LogP contribution is 2.15. The molecular formula is C16H25N3O3. The lowest BCUT2D eigenvalue weighted by Gasteiger charge is -2.26. The van der Waals surface area contributed by atoms with Crippen LogP contribution in [0.1, 0.15) is 6.92 Å². The van der Waals surface area contributed by atoms with Gasteiger partial charge >= 0.3 is 0 Å². The smallest absolute Gasteiger partial charge is 0.239 e. The zero-order valence-electron chi connectivity index (χ0n) is 13.1. The predicted octanol–water partition coefficient (Wildman–Crippen LogP) is 0.946. The lowest BCUT2D eigenvalue weighted by Crippen LogP contribution is -2.42. The summed E-state index contributed by atoms with van der Waals surface area (Å²) in [5, 5.41) is 6.02. The highest BCUT2D eigenvalue weighted by molar-refractivity contribution is 5.80. The minimum Gasteiger partial charge on any atom is -0.494 e. The number of hydrogen-bond acceptors (Lipinski definition) is 5. The molecule has 1 aliphatic heterocycles. The molecule has 0 saturated carbocycles. The second-order valence-electron chi connectivity index (χ2n) is 5.11. The number of nitrogens with zero attached hydrogens (tertiary/aromatic N) is 1. The van der Waals surface area contributed by atoms with E-state index in [2.05, 4.69) is 15.5 Å². The molecule has 1 aromatic rings. The van der Waals surface area contributed by atoms with Crippen LogP contribution in [-0.4, -0.2) is 63.4 Å². The zero-order valence-corrected chi connectivity index (χ0v) is 13.1. The first kappa shape index (κ1) is 16.6. The third-order valence-electron chi connectivity index (χ3n) is 3.47. The molecule has 1 amide bonds. The minimum absolute atomic E-state index is 0.00199. The maximum Gasteiger partial charge on any atom is 0.239 e. The molecule has 1 saturated heterocycles. The van der Waals surface area contributed by atoms with Crippen molar-refractivity contribution < 1.29 is 14.3 Å². The van der Waals surface area contributed by atoms with E-state index < -0.39 is 0 Å². The van der Waals surface area contributed by atoms with Crippen molar-refractivity contribution in [2.75, 3.05) is 57.9 Å². The molecule has 0 atom stereocenters. The Balaban J connectivity index is 1.60. The van der Waals surface area contributed by atoms with Crippen LogP contribution in [0.5, 0.6) is 5.75 Å². The van der Waals surface area contributed by atoms with E-state index in [1.807, 2.05) is 31.2 Å². The molecule has 2 rings (SSSR count). The molecule has 0 unspecified atom stereocenters. The predicted molar refractivity (Wildman–Crippen MR) is 86.4 cm³/mol. The number of anilines is 1. The van der Waals surface area contributed by atoms with Crippen LogP contribution in [0.2, 0.25) is 0 Å². The van der Waals surface area contributed by atoms with Gasteiger partial charge in [-0.25, -0.2) is 0 Å². The average molecular weight is 307 g/mol. The van der Waals surface area contributed by atoms with Gasteiger partial charge in [-0.05, 0) is 31.2 Å². The third kappa shape index (κ3) is 5.91. The Kier molecular flexibility index (Phi) is 6.99. The van der Waals surface area contributed by atoms with Gasteiger partial charge < -0.3 is 20.1 Å². The first-order chi connectivity index (χ1) is 10.8. The molecule has 0 aromatic heterocycles. The monoisotopic (exact) mass is 307 g/mol. The Bertz CT molecular complexity index is 444. The minimum atomic E-state index is 0.00199. The van der Waals surface area contributed by atoms with Gasteiger partial charge in [-0.2, -0.15) is 0 Å². The van der Waals surface area contributed by atoms with Crippen LogP contribution in [0.4, 0.5) is 5.69 Å². The summed E-state index contributed by atoms with van der Waals surface area (Å²) in [6, 6.07) is 7.60. The van der Waals surface area contributed by atoms with Crippen molar-refractivity contribution in [2.24, 2.45) is 0 Å². The van der Waals surface area contributed by atoms with Crippen LogP contribution in [0.15, 0.2) is 24.3 Å². The van der Waals surface area contributed by atoms with E-state index >= 15 is 0 Å². The van der Waals surface area contributed by atoms with Crippen molar-refractivity contribution in [1.82, 2.24) is 10.2 Å². The molecule has 1 fully saturated rings. The van der Waals surface area contributed by atoms with Gasteiger partial charge in [-0.1, -0.05) is 0 Å². The Labute approximate surface area is 131 Å². The van der Waals surface area contributed by atoms with Crippen molar-refractivity contribution in [2.45, 2.75) is 6.92 Å². The topological polar surface area (TPSA) is 62.8 Å². The first-order valence-corrected chi connectivity index (χ1v) is 7.81. The van der Waals surface area contributed by atoms with E-state index in [1.165, 1.54) is 0 Å². The summed E-state index contributed by atoms with van der Waals surface area (Å²) in [6.45, 7) is 7.88. The lowest BCUT2D eigenvalue weighted by atomic mass is 10.3. The van der Waals surface area contributed by atoms with E-state index in [4.69, 9.17) is 9.47 Å². The van der Waals surface area contributed by atoms with Gasteiger partial charge in [0.15, 0.2) is 0 Å². The summed E-state index contributed by atoms with van der Waals surface area (Å²) in [5.74, 6) is 0.838. The largest absolute Gasteiger partial charge is 0.494 e. The number of hydrogen-bond donors (Lipinski definition) is 2. The molecule has 122 valence electrons. The van der Waals surface area contributed by atoms with Crippen molar-refractivity contribution in [1.29, 1.82) is 0 Å². The number of morpholine rings is 1. The maximum atomic E-state index is 11.8. The van der Waals surface area contributed by atoms with Crippen LogP contribution < -0.4 is 15.4 Å². The van der Waals surface area contributed by atoms with E-state index in [0.29, 0.717) is 13.2 Å². The van der Waals surface area contributed by atoms with Gasteiger partial charge in [0.05, 0.1) is 26.4 Å². The number of carbonyl (C=O) groups is 1. The van der Waals surface area contributed by atoms with Crippen molar-refractivity contribution >= 4 is 11.6 Å². The molecule has 0 bridgehead atoms. The van der Waals surface area contributed by atoms with E-state index in [0.717, 1.165) is 44.3 Å². The number of ether oxygens (including phenoxy) is 2. The molecule has 0 radical (unpaired) electrons. The maximum absolute atomic E-state index is 11.8. The molecule has 1 aliphatic rings. The second-order valence-corrected chi connectivity index (χ2v) is 5.11. The molecule has 0 spiro atoms. The standard InChI is InChI=1S/C16H25N3O3/c1-2-22-15-5-3-14(4-6-15)18-13-16(20)17-7-8-19-9-11-21-12-10-19/h3-6,18H,2,7-13H2,1H3,(H,17,20). The summed E-state index contributed by atoms with van der Waals surface area (Å²) < 4.78 is 10.7. The van der Waals surface area contributed by atoms with Crippen LogP contribution in [0.25, 0.3) is 0 Å². The fourth-order valence-corrected chi connectivity index (χ4v) is 2.26. The third-order valence-corrected chi connectivity index (χ3v) is 3.47. The molecule has 1 aromatic carbocycles. The van der Waals surface area contributed by atoms with E-state index in [-0.39, 0.29) is 12.5 Å². The number of amides is 1. The fourth-order valence-electron chi connectivity index (χ4n) is 2.26. The van der Waals surface area contributed by atoms with Crippen LogP contribution in [0.3, 0.4) is 0 Å². The number of nitrogens with one attached hydrogen (secondary N) is 2.